The number of rotatable bonds is 6. The molecule has 0 radical (unpaired) electrons. The highest BCUT2D eigenvalue weighted by molar-refractivity contribution is 5.91. The van der Waals surface area contributed by atoms with Crippen molar-refractivity contribution in [1.29, 1.82) is 0 Å². The van der Waals surface area contributed by atoms with Gasteiger partial charge in [0, 0.05) is 24.3 Å². The first-order valence-corrected chi connectivity index (χ1v) is 7.53. The summed E-state index contributed by atoms with van der Waals surface area (Å²) in [6, 6.07) is 4.94. The molecule has 0 saturated carbocycles. The lowest BCUT2D eigenvalue weighted by atomic mass is 10.2. The van der Waals surface area contributed by atoms with Gasteiger partial charge in [0.1, 0.15) is 5.75 Å². The van der Waals surface area contributed by atoms with Gasteiger partial charge in [-0.25, -0.2) is 0 Å². The molecule has 1 aromatic carbocycles. The van der Waals surface area contributed by atoms with E-state index in [9.17, 15) is 26.7 Å². The molecular formula is C16H16F5N3O2. The number of nitrogens with zero attached hydrogens (tertiary/aromatic N) is 2. The molecule has 0 aliphatic rings. The third kappa shape index (κ3) is 5.17. The molecule has 10 heteroatoms. The lowest BCUT2D eigenvalue weighted by Gasteiger charge is -2.11. The number of amides is 1. The number of hydrogen-bond acceptors (Lipinski definition) is 3. The molecule has 0 bridgehead atoms. The van der Waals surface area contributed by atoms with Crippen molar-refractivity contribution in [1.82, 2.24) is 9.78 Å². The van der Waals surface area contributed by atoms with Crippen LogP contribution in [0.3, 0.4) is 0 Å². The summed E-state index contributed by atoms with van der Waals surface area (Å²) in [5.41, 5.74) is 0.173. The maximum atomic E-state index is 12.6. The number of nitrogens with one attached hydrogen (secondary N) is 1. The fourth-order valence-electron chi connectivity index (χ4n) is 2.25. The van der Waals surface area contributed by atoms with Gasteiger partial charge in [-0.1, -0.05) is 0 Å². The zero-order chi connectivity index (χ0) is 19.5. The minimum Gasteiger partial charge on any atom is -0.435 e. The highest BCUT2D eigenvalue weighted by Gasteiger charge is 2.34. The summed E-state index contributed by atoms with van der Waals surface area (Å²) >= 11 is 0. The second-order valence-corrected chi connectivity index (χ2v) is 5.55. The third-order valence-corrected chi connectivity index (χ3v) is 3.52. The zero-order valence-corrected chi connectivity index (χ0v) is 13.9. The monoisotopic (exact) mass is 377 g/mol. The van der Waals surface area contributed by atoms with E-state index in [0.29, 0.717) is 11.3 Å². The average Bonchev–Trinajstić information content (AvgIpc) is 2.89. The number of ether oxygens (including phenoxy) is 1. The minimum absolute atomic E-state index is 0.0284. The Morgan fingerprint density at radius 2 is 1.96 bits per heavy atom. The molecule has 1 aromatic heterocycles. The molecule has 2 aromatic rings. The number of hydrogen-bond donors (Lipinski definition) is 1. The first-order chi connectivity index (χ1) is 12.1. The van der Waals surface area contributed by atoms with Crippen molar-refractivity contribution in [3.63, 3.8) is 0 Å². The van der Waals surface area contributed by atoms with Gasteiger partial charge in [-0.05, 0) is 43.7 Å². The number of carbonyl (C=O) groups excluding carboxylic acids is 1. The number of aromatic nitrogens is 2. The average molecular weight is 377 g/mol. The third-order valence-electron chi connectivity index (χ3n) is 3.52. The van der Waals surface area contributed by atoms with Crippen molar-refractivity contribution in [2.24, 2.45) is 0 Å². The summed E-state index contributed by atoms with van der Waals surface area (Å²) in [5.74, 6) is -0.485. The van der Waals surface area contributed by atoms with Crippen molar-refractivity contribution in [2.75, 3.05) is 5.32 Å². The second-order valence-electron chi connectivity index (χ2n) is 5.55. The van der Waals surface area contributed by atoms with Gasteiger partial charge in [-0.3, -0.25) is 9.48 Å². The number of aryl methyl sites for hydroxylation is 3. The van der Waals surface area contributed by atoms with Gasteiger partial charge in [0.25, 0.3) is 0 Å². The van der Waals surface area contributed by atoms with E-state index >= 15 is 0 Å². The van der Waals surface area contributed by atoms with Crippen molar-refractivity contribution in [3.8, 4) is 5.75 Å². The second kappa shape index (κ2) is 7.71. The van der Waals surface area contributed by atoms with Crippen LogP contribution in [-0.2, 0) is 17.5 Å². The lowest BCUT2D eigenvalue weighted by molar-refractivity contribution is -0.141. The van der Waals surface area contributed by atoms with E-state index in [-0.39, 0.29) is 24.4 Å². The Bertz CT molecular complexity index is 787. The molecule has 0 spiro atoms. The van der Waals surface area contributed by atoms with E-state index in [1.807, 2.05) is 0 Å². The van der Waals surface area contributed by atoms with Crippen LogP contribution in [0.1, 0.15) is 23.4 Å². The molecule has 1 amide bonds. The summed E-state index contributed by atoms with van der Waals surface area (Å²) in [7, 11) is 0. The first-order valence-electron chi connectivity index (χ1n) is 7.53. The highest BCUT2D eigenvalue weighted by atomic mass is 19.4. The molecule has 0 fully saturated rings. The van der Waals surface area contributed by atoms with Crippen molar-refractivity contribution < 1.29 is 31.5 Å². The Morgan fingerprint density at radius 3 is 2.50 bits per heavy atom. The topological polar surface area (TPSA) is 56.1 Å². The van der Waals surface area contributed by atoms with Crippen LogP contribution < -0.4 is 10.1 Å². The maximum Gasteiger partial charge on any atom is 0.435 e. The Labute approximate surface area is 145 Å². The molecule has 2 rings (SSSR count). The van der Waals surface area contributed by atoms with Crippen LogP contribution >= 0.6 is 0 Å². The van der Waals surface area contributed by atoms with Crippen LogP contribution in [-0.4, -0.2) is 22.3 Å². The molecule has 1 N–H and O–H groups in total. The predicted octanol–water partition coefficient (Wildman–Crippen LogP) is 4.15. The quantitative estimate of drug-likeness (QED) is 0.770. The van der Waals surface area contributed by atoms with Crippen LogP contribution in [0.25, 0.3) is 0 Å². The molecule has 0 aliphatic heterocycles. The standard InChI is InChI=1S/C16H16F5N3O2/c1-9-7-11(26-15(17)18)3-4-12(9)22-14(25)5-6-24-10(2)8-13(23-24)16(19,20)21/h3-4,7-8,15H,5-6H2,1-2H3,(H,22,25). The van der Waals surface area contributed by atoms with Gasteiger partial charge in [-0.15, -0.1) is 0 Å². The summed E-state index contributed by atoms with van der Waals surface area (Å²) in [5, 5.41) is 6.01. The van der Waals surface area contributed by atoms with E-state index < -0.39 is 24.4 Å². The van der Waals surface area contributed by atoms with Gasteiger partial charge in [-0.2, -0.15) is 27.1 Å². The molecule has 0 saturated heterocycles. The van der Waals surface area contributed by atoms with Gasteiger partial charge in [0.05, 0.1) is 0 Å². The lowest BCUT2D eigenvalue weighted by Crippen LogP contribution is -2.16. The van der Waals surface area contributed by atoms with Gasteiger partial charge >= 0.3 is 12.8 Å². The summed E-state index contributed by atoms with van der Waals surface area (Å²) in [6.07, 6.45) is -4.65. The number of carbonyl (C=O) groups is 1. The van der Waals surface area contributed by atoms with E-state index in [4.69, 9.17) is 0 Å². The molecule has 26 heavy (non-hydrogen) atoms. The molecular weight excluding hydrogens is 361 g/mol. The normalized spacial score (nSPS) is 11.7. The Kier molecular flexibility index (Phi) is 5.83. The van der Waals surface area contributed by atoms with E-state index in [2.05, 4.69) is 15.2 Å². The largest absolute Gasteiger partial charge is 0.435 e. The first kappa shape index (κ1) is 19.7. The van der Waals surface area contributed by atoms with E-state index in [1.54, 1.807) is 6.92 Å². The zero-order valence-electron chi connectivity index (χ0n) is 13.9. The maximum absolute atomic E-state index is 12.6. The van der Waals surface area contributed by atoms with Crippen LogP contribution in [0.4, 0.5) is 27.6 Å². The Balaban J connectivity index is 1.96. The summed E-state index contributed by atoms with van der Waals surface area (Å²) < 4.78 is 67.5. The fraction of sp³-hybridized carbons (Fsp3) is 0.375. The number of anilines is 1. The predicted molar refractivity (Wildman–Crippen MR) is 83.0 cm³/mol. The van der Waals surface area contributed by atoms with Crippen LogP contribution in [0.5, 0.6) is 5.75 Å². The van der Waals surface area contributed by atoms with Crippen molar-refractivity contribution >= 4 is 11.6 Å². The number of halogens is 5. The van der Waals surface area contributed by atoms with Crippen LogP contribution in [0.2, 0.25) is 0 Å². The highest BCUT2D eigenvalue weighted by Crippen LogP contribution is 2.28. The SMILES string of the molecule is Cc1cc(OC(F)F)ccc1NC(=O)CCn1nc(C(F)(F)F)cc1C. The molecule has 5 nitrogen and oxygen atoms in total. The van der Waals surface area contributed by atoms with Gasteiger partial charge in [0.2, 0.25) is 5.91 Å². The molecule has 0 aliphatic carbocycles. The van der Waals surface area contributed by atoms with Crippen molar-refractivity contribution in [3.05, 3.63) is 41.2 Å². The summed E-state index contributed by atoms with van der Waals surface area (Å²) in [6.45, 7) is 0.0841. The van der Waals surface area contributed by atoms with E-state index in [1.165, 1.54) is 25.1 Å². The fourth-order valence-corrected chi connectivity index (χ4v) is 2.25. The number of alkyl halides is 5. The minimum atomic E-state index is -4.54. The Hall–Kier alpha value is -2.65. The summed E-state index contributed by atoms with van der Waals surface area (Å²) in [4.78, 5) is 12.0. The van der Waals surface area contributed by atoms with Gasteiger partial charge < -0.3 is 10.1 Å². The molecule has 142 valence electrons. The van der Waals surface area contributed by atoms with E-state index in [0.717, 1.165) is 10.7 Å². The van der Waals surface area contributed by atoms with Crippen LogP contribution in [0, 0.1) is 13.8 Å². The Morgan fingerprint density at radius 1 is 1.27 bits per heavy atom. The smallest absolute Gasteiger partial charge is 0.435 e. The van der Waals surface area contributed by atoms with Crippen molar-refractivity contribution in [2.45, 2.75) is 39.6 Å². The molecule has 1 heterocycles. The molecule has 0 atom stereocenters. The van der Waals surface area contributed by atoms with Crippen LogP contribution in [0.15, 0.2) is 24.3 Å². The van der Waals surface area contributed by atoms with Gasteiger partial charge in [0.15, 0.2) is 5.69 Å². The number of benzene rings is 1. The molecule has 0 unspecified atom stereocenters.